The molecule has 0 radical (unpaired) electrons. The van der Waals surface area contributed by atoms with Crippen molar-refractivity contribution >= 4 is 34.9 Å². The average molecular weight is 370 g/mol. The highest BCUT2D eigenvalue weighted by Gasteiger charge is 2.18. The Morgan fingerprint density at radius 1 is 1.20 bits per heavy atom. The van der Waals surface area contributed by atoms with E-state index in [1.54, 1.807) is 17.0 Å². The quantitative estimate of drug-likeness (QED) is 0.649. The second-order valence-corrected chi connectivity index (χ2v) is 7.60. The van der Waals surface area contributed by atoms with Gasteiger partial charge in [0.25, 0.3) is 0 Å². The number of hydrogen-bond donors (Lipinski definition) is 0. The van der Waals surface area contributed by atoms with Gasteiger partial charge < -0.3 is 4.90 Å². The summed E-state index contributed by atoms with van der Waals surface area (Å²) in [5.74, 6) is 0.0291. The zero-order valence-corrected chi connectivity index (χ0v) is 15.0. The summed E-state index contributed by atoms with van der Waals surface area (Å²) in [4.78, 5) is 14.3. The highest BCUT2D eigenvalue weighted by atomic mass is 35.5. The second kappa shape index (κ2) is 6.86. The first kappa shape index (κ1) is 16.1. The highest BCUT2D eigenvalue weighted by Crippen LogP contribution is 2.24. The number of nitrogens with zero attached hydrogens (tertiary/aromatic N) is 3. The van der Waals surface area contributed by atoms with Crippen LogP contribution in [0.2, 0.25) is 4.34 Å². The third-order valence-electron chi connectivity index (χ3n) is 4.25. The third-order valence-corrected chi connectivity index (χ3v) is 5.47. The summed E-state index contributed by atoms with van der Waals surface area (Å²) >= 11 is 7.42. The van der Waals surface area contributed by atoms with E-state index >= 15 is 0 Å². The maximum absolute atomic E-state index is 12.5. The third kappa shape index (κ3) is 3.52. The maximum Gasteiger partial charge on any atom is 0.246 e. The van der Waals surface area contributed by atoms with Gasteiger partial charge in [-0.3, -0.25) is 4.79 Å². The van der Waals surface area contributed by atoms with Crippen molar-refractivity contribution in [3.05, 3.63) is 75.9 Å². The molecule has 0 saturated carbocycles. The minimum absolute atomic E-state index is 0.0291. The van der Waals surface area contributed by atoms with E-state index in [1.165, 1.54) is 22.5 Å². The summed E-state index contributed by atoms with van der Waals surface area (Å²) in [5.41, 5.74) is 3.46. The molecule has 1 amide bonds. The van der Waals surface area contributed by atoms with Crippen molar-refractivity contribution < 1.29 is 4.79 Å². The zero-order chi connectivity index (χ0) is 17.2. The SMILES string of the molecule is O=C(/C=C/c1cnn(-c2ccc(Cl)s2)c1)N1CCc2ccccc2C1. The first-order valence-corrected chi connectivity index (χ1v) is 9.23. The van der Waals surface area contributed by atoms with E-state index in [2.05, 4.69) is 23.3 Å². The Balaban J connectivity index is 1.44. The Hall–Kier alpha value is -2.37. The van der Waals surface area contributed by atoms with Crippen molar-refractivity contribution in [2.45, 2.75) is 13.0 Å². The summed E-state index contributed by atoms with van der Waals surface area (Å²) in [6.07, 6.45) is 7.96. The molecule has 25 heavy (non-hydrogen) atoms. The number of amides is 1. The Labute approximate surface area is 155 Å². The molecule has 0 unspecified atom stereocenters. The molecule has 0 N–H and O–H groups in total. The average Bonchev–Trinajstić information content (AvgIpc) is 3.28. The zero-order valence-electron chi connectivity index (χ0n) is 13.4. The molecule has 0 atom stereocenters. The molecule has 0 bridgehead atoms. The normalized spacial score (nSPS) is 14.0. The summed E-state index contributed by atoms with van der Waals surface area (Å²) < 4.78 is 2.49. The number of halogens is 1. The lowest BCUT2D eigenvalue weighted by molar-refractivity contribution is -0.126. The Morgan fingerprint density at radius 3 is 2.84 bits per heavy atom. The second-order valence-electron chi connectivity index (χ2n) is 5.91. The number of rotatable bonds is 3. The monoisotopic (exact) mass is 369 g/mol. The van der Waals surface area contributed by atoms with Crippen molar-refractivity contribution in [1.29, 1.82) is 0 Å². The Kier molecular flexibility index (Phi) is 4.42. The van der Waals surface area contributed by atoms with E-state index in [9.17, 15) is 4.79 Å². The number of benzene rings is 1. The molecule has 2 aromatic heterocycles. The molecule has 0 fully saturated rings. The fourth-order valence-corrected chi connectivity index (χ4v) is 3.89. The first-order valence-electron chi connectivity index (χ1n) is 8.03. The smallest absolute Gasteiger partial charge is 0.246 e. The summed E-state index contributed by atoms with van der Waals surface area (Å²) in [5, 5.41) is 5.26. The fraction of sp³-hybridized carbons (Fsp3) is 0.158. The summed E-state index contributed by atoms with van der Waals surface area (Å²) in [6, 6.07) is 12.1. The van der Waals surface area contributed by atoms with E-state index in [0.717, 1.165) is 27.9 Å². The van der Waals surface area contributed by atoms with Crippen LogP contribution in [0.25, 0.3) is 11.1 Å². The van der Waals surface area contributed by atoms with E-state index < -0.39 is 0 Å². The van der Waals surface area contributed by atoms with Gasteiger partial charge in [-0.1, -0.05) is 35.9 Å². The van der Waals surface area contributed by atoms with Crippen LogP contribution in [0.15, 0.2) is 54.9 Å². The van der Waals surface area contributed by atoms with Crippen LogP contribution in [-0.4, -0.2) is 27.1 Å². The molecule has 4 nitrogen and oxygen atoms in total. The molecule has 0 aliphatic carbocycles. The summed E-state index contributed by atoms with van der Waals surface area (Å²) in [7, 11) is 0. The van der Waals surface area contributed by atoms with Crippen LogP contribution in [0.1, 0.15) is 16.7 Å². The van der Waals surface area contributed by atoms with Crippen LogP contribution in [0.5, 0.6) is 0 Å². The molecule has 6 heteroatoms. The molecular formula is C19H16ClN3OS. The fourth-order valence-electron chi connectivity index (χ4n) is 2.93. The van der Waals surface area contributed by atoms with Gasteiger partial charge in [0.1, 0.15) is 5.00 Å². The lowest BCUT2D eigenvalue weighted by atomic mass is 10.00. The van der Waals surface area contributed by atoms with Crippen LogP contribution in [0.4, 0.5) is 0 Å². The standard InChI is InChI=1S/C19H16ClN3OS/c20-17-6-8-19(25-17)23-12-14(11-21-23)5-7-18(24)22-10-9-15-3-1-2-4-16(15)13-22/h1-8,11-12H,9-10,13H2/b7-5+. The molecule has 1 aliphatic heterocycles. The van der Waals surface area contributed by atoms with Crippen LogP contribution < -0.4 is 0 Å². The predicted molar refractivity (Wildman–Crippen MR) is 101 cm³/mol. The molecule has 3 aromatic rings. The van der Waals surface area contributed by atoms with Crippen molar-refractivity contribution in [2.24, 2.45) is 0 Å². The Bertz CT molecular complexity index is 944. The predicted octanol–water partition coefficient (Wildman–Crippen LogP) is 4.19. The maximum atomic E-state index is 12.5. The summed E-state index contributed by atoms with van der Waals surface area (Å²) in [6.45, 7) is 1.43. The lowest BCUT2D eigenvalue weighted by Crippen LogP contribution is -2.34. The van der Waals surface area contributed by atoms with Crippen LogP contribution in [0, 0.1) is 0 Å². The number of carbonyl (C=O) groups excluding carboxylic acids is 1. The number of carbonyl (C=O) groups is 1. The molecule has 3 heterocycles. The molecule has 4 rings (SSSR count). The van der Waals surface area contributed by atoms with E-state index in [0.29, 0.717) is 6.54 Å². The van der Waals surface area contributed by atoms with Gasteiger partial charge in [-0.15, -0.1) is 11.3 Å². The molecule has 1 aromatic carbocycles. The van der Waals surface area contributed by atoms with Crippen LogP contribution in [-0.2, 0) is 17.8 Å². The minimum Gasteiger partial charge on any atom is -0.334 e. The first-order chi connectivity index (χ1) is 12.2. The molecule has 0 saturated heterocycles. The van der Waals surface area contributed by atoms with Crippen molar-refractivity contribution in [1.82, 2.24) is 14.7 Å². The van der Waals surface area contributed by atoms with Gasteiger partial charge >= 0.3 is 0 Å². The molecule has 0 spiro atoms. The van der Waals surface area contributed by atoms with Gasteiger partial charge in [-0.2, -0.15) is 5.10 Å². The van der Waals surface area contributed by atoms with Gasteiger partial charge in [-0.05, 0) is 35.8 Å². The van der Waals surface area contributed by atoms with E-state index in [4.69, 9.17) is 11.6 Å². The van der Waals surface area contributed by atoms with E-state index in [-0.39, 0.29) is 5.91 Å². The van der Waals surface area contributed by atoms with Crippen LogP contribution in [0.3, 0.4) is 0 Å². The number of aromatic nitrogens is 2. The largest absolute Gasteiger partial charge is 0.334 e. The minimum atomic E-state index is 0.0291. The van der Waals surface area contributed by atoms with Gasteiger partial charge in [0.15, 0.2) is 0 Å². The van der Waals surface area contributed by atoms with Gasteiger partial charge in [0.2, 0.25) is 5.91 Å². The van der Waals surface area contributed by atoms with Crippen molar-refractivity contribution in [2.75, 3.05) is 6.54 Å². The van der Waals surface area contributed by atoms with E-state index in [1.807, 2.05) is 35.4 Å². The van der Waals surface area contributed by atoms with Crippen LogP contribution >= 0.6 is 22.9 Å². The molecule has 126 valence electrons. The number of fused-ring (bicyclic) bond motifs is 1. The molecular weight excluding hydrogens is 354 g/mol. The number of hydrogen-bond acceptors (Lipinski definition) is 3. The van der Waals surface area contributed by atoms with Crippen molar-refractivity contribution in [3.8, 4) is 5.00 Å². The van der Waals surface area contributed by atoms with Gasteiger partial charge in [-0.25, -0.2) is 4.68 Å². The van der Waals surface area contributed by atoms with Crippen molar-refractivity contribution in [3.63, 3.8) is 0 Å². The Morgan fingerprint density at radius 2 is 2.04 bits per heavy atom. The topological polar surface area (TPSA) is 38.1 Å². The van der Waals surface area contributed by atoms with Gasteiger partial charge in [0, 0.05) is 30.9 Å². The lowest BCUT2D eigenvalue weighted by Gasteiger charge is -2.27. The molecule has 1 aliphatic rings. The number of thiophene rings is 1. The van der Waals surface area contributed by atoms with Gasteiger partial charge in [0.05, 0.1) is 10.5 Å². The highest BCUT2D eigenvalue weighted by molar-refractivity contribution is 7.18.